The molecule has 1 unspecified atom stereocenters. The zero-order valence-corrected chi connectivity index (χ0v) is 11.4. The summed E-state index contributed by atoms with van der Waals surface area (Å²) in [4.78, 5) is 14.3. The second kappa shape index (κ2) is 5.33. The molecule has 1 aliphatic carbocycles. The highest BCUT2D eigenvalue weighted by molar-refractivity contribution is 5.92. The average molecular weight is 263 g/mol. The summed E-state index contributed by atoms with van der Waals surface area (Å²) in [6.45, 7) is 1.88. The van der Waals surface area contributed by atoms with Crippen LogP contribution in [0.2, 0.25) is 0 Å². The van der Waals surface area contributed by atoms with E-state index in [9.17, 15) is 4.79 Å². The number of aromatic nitrogens is 1. The van der Waals surface area contributed by atoms with Crippen molar-refractivity contribution in [3.05, 3.63) is 17.5 Å². The number of carbonyl (C=O) groups excluding carboxylic acids is 1. The number of nitrogens with one attached hydrogen (secondary N) is 1. The number of amides is 1. The maximum atomic E-state index is 11.9. The Morgan fingerprint density at radius 2 is 2.37 bits per heavy atom. The van der Waals surface area contributed by atoms with Gasteiger partial charge in [-0.2, -0.15) is 0 Å². The topological polar surface area (TPSA) is 58.4 Å². The van der Waals surface area contributed by atoms with Gasteiger partial charge >= 0.3 is 0 Å². The molecule has 1 aliphatic heterocycles. The van der Waals surface area contributed by atoms with Crippen LogP contribution in [0.3, 0.4) is 0 Å². The van der Waals surface area contributed by atoms with Crippen molar-refractivity contribution in [2.45, 2.75) is 44.1 Å². The first-order valence-corrected chi connectivity index (χ1v) is 7.19. The van der Waals surface area contributed by atoms with Gasteiger partial charge in [0.2, 0.25) is 0 Å². The van der Waals surface area contributed by atoms with Gasteiger partial charge in [-0.05, 0) is 45.7 Å². The molecule has 1 aromatic rings. The van der Waals surface area contributed by atoms with E-state index in [2.05, 4.69) is 22.4 Å². The fourth-order valence-corrected chi connectivity index (χ4v) is 2.74. The lowest BCUT2D eigenvalue weighted by Gasteiger charge is -2.18. The van der Waals surface area contributed by atoms with E-state index in [0.29, 0.717) is 24.2 Å². The monoisotopic (exact) mass is 263 g/mol. The molecule has 5 heteroatoms. The summed E-state index contributed by atoms with van der Waals surface area (Å²) in [5, 5.41) is 6.78. The fourth-order valence-electron chi connectivity index (χ4n) is 2.74. The molecule has 1 saturated heterocycles. The molecule has 0 bridgehead atoms. The second-order valence-electron chi connectivity index (χ2n) is 5.71. The Hall–Kier alpha value is -1.36. The smallest absolute Gasteiger partial charge is 0.273 e. The molecular weight excluding hydrogens is 242 g/mol. The van der Waals surface area contributed by atoms with Crippen LogP contribution in [0.25, 0.3) is 0 Å². The minimum atomic E-state index is -0.115. The highest BCUT2D eigenvalue weighted by Gasteiger charge is 2.29. The number of likely N-dealkylation sites (tertiary alicyclic amines) is 1. The first kappa shape index (κ1) is 12.7. The van der Waals surface area contributed by atoms with Crippen molar-refractivity contribution >= 4 is 5.91 Å². The largest absolute Gasteiger partial charge is 0.360 e. The van der Waals surface area contributed by atoms with Crippen molar-refractivity contribution in [2.24, 2.45) is 0 Å². The molecule has 2 heterocycles. The summed E-state index contributed by atoms with van der Waals surface area (Å²) < 4.78 is 5.19. The number of nitrogens with zero attached hydrogens (tertiary/aromatic N) is 2. The Balaban J connectivity index is 1.45. The molecule has 1 N–H and O–H groups in total. The minimum Gasteiger partial charge on any atom is -0.360 e. The molecule has 1 aromatic heterocycles. The molecule has 2 aliphatic rings. The van der Waals surface area contributed by atoms with Crippen molar-refractivity contribution in [1.29, 1.82) is 0 Å². The van der Waals surface area contributed by atoms with Crippen LogP contribution in [-0.2, 0) is 0 Å². The fraction of sp³-hybridized carbons (Fsp3) is 0.714. The van der Waals surface area contributed by atoms with E-state index >= 15 is 0 Å². The van der Waals surface area contributed by atoms with Crippen LogP contribution in [0, 0.1) is 0 Å². The summed E-state index contributed by atoms with van der Waals surface area (Å²) in [7, 11) is 2.15. The Morgan fingerprint density at radius 1 is 1.53 bits per heavy atom. The molecule has 1 saturated carbocycles. The molecule has 19 heavy (non-hydrogen) atoms. The van der Waals surface area contributed by atoms with Gasteiger partial charge in [-0.15, -0.1) is 0 Å². The van der Waals surface area contributed by atoms with E-state index < -0.39 is 0 Å². The van der Waals surface area contributed by atoms with Crippen LogP contribution in [-0.4, -0.2) is 42.1 Å². The van der Waals surface area contributed by atoms with Gasteiger partial charge in [-0.25, -0.2) is 0 Å². The lowest BCUT2D eigenvalue weighted by Crippen LogP contribution is -2.31. The summed E-state index contributed by atoms with van der Waals surface area (Å²) in [6.07, 6.45) is 5.83. The summed E-state index contributed by atoms with van der Waals surface area (Å²) in [6, 6.07) is 2.40. The molecule has 104 valence electrons. The van der Waals surface area contributed by atoms with Crippen LogP contribution >= 0.6 is 0 Å². The van der Waals surface area contributed by atoms with E-state index in [1.165, 1.54) is 19.4 Å². The molecule has 1 amide bonds. The van der Waals surface area contributed by atoms with Crippen molar-refractivity contribution in [3.8, 4) is 0 Å². The standard InChI is InChI=1S/C14H21N3O2/c1-17-8-2-3-11(17)6-7-15-14(18)12-9-13(19-16-12)10-4-5-10/h9-11H,2-8H2,1H3,(H,15,18). The third kappa shape index (κ3) is 2.97. The van der Waals surface area contributed by atoms with Gasteiger partial charge < -0.3 is 14.7 Å². The number of carbonyl (C=O) groups is 1. The summed E-state index contributed by atoms with van der Waals surface area (Å²) in [5.74, 6) is 1.25. The van der Waals surface area contributed by atoms with Gasteiger partial charge in [0.1, 0.15) is 5.76 Å². The van der Waals surface area contributed by atoms with E-state index in [0.717, 1.165) is 25.0 Å². The quantitative estimate of drug-likeness (QED) is 0.879. The highest BCUT2D eigenvalue weighted by atomic mass is 16.5. The van der Waals surface area contributed by atoms with Gasteiger partial charge in [0, 0.05) is 24.6 Å². The van der Waals surface area contributed by atoms with Crippen LogP contribution in [0.5, 0.6) is 0 Å². The SMILES string of the molecule is CN1CCCC1CCNC(=O)c1cc(C2CC2)on1. The molecule has 5 nitrogen and oxygen atoms in total. The van der Waals surface area contributed by atoms with Gasteiger partial charge in [-0.1, -0.05) is 5.16 Å². The maximum Gasteiger partial charge on any atom is 0.273 e. The van der Waals surface area contributed by atoms with Gasteiger partial charge in [0.15, 0.2) is 5.69 Å². The molecule has 0 aromatic carbocycles. The molecule has 0 spiro atoms. The van der Waals surface area contributed by atoms with Crippen LogP contribution in [0.15, 0.2) is 10.6 Å². The zero-order chi connectivity index (χ0) is 13.2. The van der Waals surface area contributed by atoms with Gasteiger partial charge in [-0.3, -0.25) is 4.79 Å². The molecular formula is C14H21N3O2. The van der Waals surface area contributed by atoms with E-state index in [4.69, 9.17) is 4.52 Å². The van der Waals surface area contributed by atoms with E-state index in [1.807, 2.05) is 0 Å². The number of rotatable bonds is 5. The molecule has 2 fully saturated rings. The molecule has 1 atom stereocenters. The second-order valence-corrected chi connectivity index (χ2v) is 5.71. The van der Waals surface area contributed by atoms with Crippen LogP contribution in [0.4, 0.5) is 0 Å². The van der Waals surface area contributed by atoms with Crippen molar-refractivity contribution in [2.75, 3.05) is 20.1 Å². The highest BCUT2D eigenvalue weighted by Crippen LogP contribution is 2.40. The number of hydrogen-bond acceptors (Lipinski definition) is 4. The molecule has 0 radical (unpaired) electrons. The van der Waals surface area contributed by atoms with Crippen LogP contribution in [0.1, 0.15) is 54.3 Å². The van der Waals surface area contributed by atoms with E-state index in [1.54, 1.807) is 6.07 Å². The number of hydrogen-bond donors (Lipinski definition) is 1. The normalized spacial score (nSPS) is 23.7. The van der Waals surface area contributed by atoms with E-state index in [-0.39, 0.29) is 5.91 Å². The summed E-state index contributed by atoms with van der Waals surface area (Å²) >= 11 is 0. The Kier molecular flexibility index (Phi) is 3.55. The van der Waals surface area contributed by atoms with Crippen molar-refractivity contribution < 1.29 is 9.32 Å². The predicted molar refractivity (Wildman–Crippen MR) is 71.1 cm³/mol. The molecule has 3 rings (SSSR count). The third-order valence-corrected chi connectivity index (χ3v) is 4.18. The van der Waals surface area contributed by atoms with Crippen molar-refractivity contribution in [1.82, 2.24) is 15.4 Å². The lowest BCUT2D eigenvalue weighted by molar-refractivity contribution is 0.0941. The summed E-state index contributed by atoms with van der Waals surface area (Å²) in [5.41, 5.74) is 0.418. The van der Waals surface area contributed by atoms with Gasteiger partial charge in [0.05, 0.1) is 0 Å². The lowest BCUT2D eigenvalue weighted by atomic mass is 10.1. The predicted octanol–water partition coefficient (Wildman–Crippen LogP) is 1.77. The third-order valence-electron chi connectivity index (χ3n) is 4.18. The Bertz CT molecular complexity index is 453. The Labute approximate surface area is 113 Å². The first-order valence-electron chi connectivity index (χ1n) is 7.19. The van der Waals surface area contributed by atoms with Crippen molar-refractivity contribution in [3.63, 3.8) is 0 Å². The minimum absolute atomic E-state index is 0.115. The first-order chi connectivity index (χ1) is 9.24. The Morgan fingerprint density at radius 3 is 3.05 bits per heavy atom. The van der Waals surface area contributed by atoms with Gasteiger partial charge in [0.25, 0.3) is 5.91 Å². The average Bonchev–Trinajstić information content (AvgIpc) is 2.99. The zero-order valence-electron chi connectivity index (χ0n) is 11.4. The maximum absolute atomic E-state index is 11.9. The van der Waals surface area contributed by atoms with Crippen LogP contribution < -0.4 is 5.32 Å².